The van der Waals surface area contributed by atoms with Gasteiger partial charge in [0.25, 0.3) is 0 Å². The van der Waals surface area contributed by atoms with Gasteiger partial charge in [-0.05, 0) is 25.0 Å². The van der Waals surface area contributed by atoms with Gasteiger partial charge in [-0.1, -0.05) is 68.1 Å². The standard InChI is InChI=1S/C21H22N2O2.CH4.H2S/c1-21(2,19-22-17(13-24-19)15-9-5-3-6-10-15)20-23-18(14-25-20)16-11-7-4-8-12-16;;/h3-12,17-18H,13-14H2,1-2H3;1H4;1H2/t17-,18-;;/m1../s1. The van der Waals surface area contributed by atoms with Gasteiger partial charge < -0.3 is 9.47 Å². The Morgan fingerprint density at radius 2 is 1.11 bits per heavy atom. The van der Waals surface area contributed by atoms with Crippen LogP contribution in [0, 0.1) is 5.41 Å². The average molecular weight is 385 g/mol. The van der Waals surface area contributed by atoms with Crippen LogP contribution in [0.5, 0.6) is 0 Å². The lowest BCUT2D eigenvalue weighted by molar-refractivity contribution is 0.265. The number of rotatable bonds is 4. The summed E-state index contributed by atoms with van der Waals surface area (Å²) in [5.74, 6) is 1.41. The van der Waals surface area contributed by atoms with Gasteiger partial charge in [-0.2, -0.15) is 13.5 Å². The number of benzene rings is 2. The first-order valence-corrected chi connectivity index (χ1v) is 8.66. The summed E-state index contributed by atoms with van der Waals surface area (Å²) < 4.78 is 11.9. The van der Waals surface area contributed by atoms with E-state index in [4.69, 9.17) is 19.5 Å². The van der Waals surface area contributed by atoms with Crippen molar-refractivity contribution in [3.8, 4) is 0 Å². The topological polar surface area (TPSA) is 43.2 Å². The lowest BCUT2D eigenvalue weighted by Gasteiger charge is -2.22. The van der Waals surface area contributed by atoms with E-state index >= 15 is 0 Å². The molecule has 0 fully saturated rings. The van der Waals surface area contributed by atoms with Gasteiger partial charge in [0, 0.05) is 0 Å². The van der Waals surface area contributed by atoms with Crippen LogP contribution in [0.4, 0.5) is 0 Å². The predicted octanol–water partition coefficient (Wildman–Crippen LogP) is 5.10. The molecule has 27 heavy (non-hydrogen) atoms. The number of nitrogens with zero attached hydrogens (tertiary/aromatic N) is 2. The molecule has 2 aromatic carbocycles. The van der Waals surface area contributed by atoms with E-state index < -0.39 is 5.41 Å². The molecule has 2 aliphatic heterocycles. The van der Waals surface area contributed by atoms with Crippen LogP contribution in [0.25, 0.3) is 0 Å². The van der Waals surface area contributed by atoms with Crippen molar-refractivity contribution < 1.29 is 9.47 Å². The maximum Gasteiger partial charge on any atom is 0.199 e. The van der Waals surface area contributed by atoms with E-state index in [-0.39, 0.29) is 33.0 Å². The molecule has 0 saturated heterocycles. The van der Waals surface area contributed by atoms with Crippen molar-refractivity contribution in [3.63, 3.8) is 0 Å². The summed E-state index contributed by atoms with van der Waals surface area (Å²) in [6.07, 6.45) is 0. The highest BCUT2D eigenvalue weighted by atomic mass is 32.1. The summed E-state index contributed by atoms with van der Waals surface area (Å²) in [4.78, 5) is 9.61. The summed E-state index contributed by atoms with van der Waals surface area (Å²) in [5.41, 5.74) is 1.88. The summed E-state index contributed by atoms with van der Waals surface area (Å²) in [7, 11) is 0. The van der Waals surface area contributed by atoms with Crippen molar-refractivity contribution in [1.82, 2.24) is 0 Å². The van der Waals surface area contributed by atoms with Crippen LogP contribution >= 0.6 is 13.5 Å². The molecule has 2 heterocycles. The predicted molar refractivity (Wildman–Crippen MR) is 116 cm³/mol. The second-order valence-electron chi connectivity index (χ2n) is 6.97. The van der Waals surface area contributed by atoms with Gasteiger partial charge in [0.15, 0.2) is 11.8 Å². The Bertz CT molecular complexity index is 736. The lowest BCUT2D eigenvalue weighted by Crippen LogP contribution is -2.34. The van der Waals surface area contributed by atoms with E-state index in [0.717, 1.165) is 0 Å². The Kier molecular flexibility index (Phi) is 6.71. The van der Waals surface area contributed by atoms with Crippen LogP contribution in [0.15, 0.2) is 70.6 Å². The zero-order valence-corrected chi connectivity index (χ0v) is 16.1. The Morgan fingerprint density at radius 1 is 0.741 bits per heavy atom. The van der Waals surface area contributed by atoms with Gasteiger partial charge >= 0.3 is 0 Å². The fourth-order valence-electron chi connectivity index (χ4n) is 3.21. The SMILES string of the molecule is C.CC(C)(C1=N[C@@H](c2ccccc2)CO1)C1=N[C@@H](c2ccccc2)CO1.S. The van der Waals surface area contributed by atoms with E-state index in [1.807, 2.05) is 36.4 Å². The molecule has 0 aromatic heterocycles. The van der Waals surface area contributed by atoms with Gasteiger partial charge in [0.05, 0.1) is 0 Å². The minimum absolute atomic E-state index is 0. The highest BCUT2D eigenvalue weighted by molar-refractivity contribution is 7.59. The maximum atomic E-state index is 5.93. The Hall–Kier alpha value is -2.27. The first kappa shape index (κ1) is 21.0. The Balaban J connectivity index is 0.00000131. The zero-order chi connectivity index (χ0) is 17.3. The summed E-state index contributed by atoms with van der Waals surface area (Å²) in [5, 5.41) is 0. The van der Waals surface area contributed by atoms with Crippen molar-refractivity contribution in [3.05, 3.63) is 71.8 Å². The summed E-state index contributed by atoms with van der Waals surface area (Å²) >= 11 is 0. The van der Waals surface area contributed by atoms with E-state index in [1.54, 1.807) is 0 Å². The van der Waals surface area contributed by atoms with Gasteiger partial charge in [0.2, 0.25) is 0 Å². The molecule has 0 saturated carbocycles. The number of hydrogen-bond acceptors (Lipinski definition) is 4. The minimum Gasteiger partial charge on any atom is -0.478 e. The van der Waals surface area contributed by atoms with Crippen LogP contribution in [0.2, 0.25) is 0 Å². The number of aliphatic imine (C=N–C) groups is 2. The molecule has 0 bridgehead atoms. The first-order valence-electron chi connectivity index (χ1n) is 8.66. The average Bonchev–Trinajstić information content (AvgIpc) is 3.34. The van der Waals surface area contributed by atoms with Crippen molar-refractivity contribution in [2.24, 2.45) is 15.4 Å². The highest BCUT2D eigenvalue weighted by Gasteiger charge is 2.41. The third-order valence-corrected chi connectivity index (χ3v) is 4.74. The van der Waals surface area contributed by atoms with Crippen LogP contribution in [-0.4, -0.2) is 25.0 Å². The molecule has 5 heteroatoms. The minimum atomic E-state index is -0.465. The van der Waals surface area contributed by atoms with E-state index in [9.17, 15) is 0 Å². The molecule has 2 aromatic rings. The smallest absolute Gasteiger partial charge is 0.199 e. The molecule has 4 nitrogen and oxygen atoms in total. The summed E-state index contributed by atoms with van der Waals surface area (Å²) in [6.45, 7) is 5.26. The molecule has 0 N–H and O–H groups in total. The van der Waals surface area contributed by atoms with E-state index in [1.165, 1.54) is 11.1 Å². The van der Waals surface area contributed by atoms with Gasteiger partial charge in [-0.3, -0.25) is 0 Å². The molecule has 2 atom stereocenters. The zero-order valence-electron chi connectivity index (χ0n) is 15.1. The molecule has 0 spiro atoms. The van der Waals surface area contributed by atoms with Gasteiger partial charge in [-0.25, -0.2) is 9.98 Å². The fraction of sp³-hybridized carbons (Fsp3) is 0.364. The quantitative estimate of drug-likeness (QED) is 0.736. The fourth-order valence-corrected chi connectivity index (χ4v) is 3.21. The maximum absolute atomic E-state index is 5.93. The molecular formula is C22H28N2O2S. The van der Waals surface area contributed by atoms with Crippen molar-refractivity contribution in [1.29, 1.82) is 0 Å². The lowest BCUT2D eigenvalue weighted by atomic mass is 9.93. The van der Waals surface area contributed by atoms with E-state index in [2.05, 4.69) is 38.1 Å². The van der Waals surface area contributed by atoms with Crippen LogP contribution < -0.4 is 0 Å². The highest BCUT2D eigenvalue weighted by Crippen LogP contribution is 2.35. The van der Waals surface area contributed by atoms with Crippen LogP contribution in [0.3, 0.4) is 0 Å². The second kappa shape index (κ2) is 8.61. The molecular weight excluding hydrogens is 356 g/mol. The third-order valence-electron chi connectivity index (χ3n) is 4.74. The van der Waals surface area contributed by atoms with Gasteiger partial charge in [-0.15, -0.1) is 0 Å². The Labute approximate surface area is 168 Å². The van der Waals surface area contributed by atoms with E-state index in [0.29, 0.717) is 25.0 Å². The van der Waals surface area contributed by atoms with Crippen LogP contribution in [-0.2, 0) is 9.47 Å². The molecule has 144 valence electrons. The largest absolute Gasteiger partial charge is 0.478 e. The van der Waals surface area contributed by atoms with Crippen molar-refractivity contribution >= 4 is 25.3 Å². The number of ether oxygens (including phenoxy) is 2. The monoisotopic (exact) mass is 384 g/mol. The number of hydrogen-bond donors (Lipinski definition) is 0. The second-order valence-corrected chi connectivity index (χ2v) is 6.97. The molecule has 0 aliphatic carbocycles. The molecule has 0 unspecified atom stereocenters. The van der Waals surface area contributed by atoms with Crippen LogP contribution in [0.1, 0.15) is 44.5 Å². The molecule has 0 radical (unpaired) electrons. The summed E-state index contributed by atoms with van der Waals surface area (Å²) in [6, 6.07) is 20.6. The molecule has 4 rings (SSSR count). The van der Waals surface area contributed by atoms with Crippen molar-refractivity contribution in [2.45, 2.75) is 33.4 Å². The van der Waals surface area contributed by atoms with Crippen molar-refractivity contribution in [2.75, 3.05) is 13.2 Å². The Morgan fingerprint density at radius 3 is 1.48 bits per heavy atom. The first-order chi connectivity index (χ1) is 12.1. The third kappa shape index (κ3) is 4.19. The molecule has 0 amide bonds. The van der Waals surface area contributed by atoms with Gasteiger partial charge in [0.1, 0.15) is 30.7 Å². The normalized spacial score (nSPS) is 21.1. The molecule has 2 aliphatic rings.